The van der Waals surface area contributed by atoms with Crippen LogP contribution in [0.25, 0.3) is 33.6 Å². The molecular formula is C34H39F4N7O2. The van der Waals surface area contributed by atoms with Crippen molar-refractivity contribution in [3.8, 4) is 11.5 Å². The Hall–Kier alpha value is -4.00. The predicted molar refractivity (Wildman–Crippen MR) is 169 cm³/mol. The van der Waals surface area contributed by atoms with Gasteiger partial charge in [-0.05, 0) is 57.0 Å². The molecule has 2 aliphatic heterocycles. The first kappa shape index (κ1) is 31.6. The van der Waals surface area contributed by atoms with Gasteiger partial charge in [0.2, 0.25) is 11.8 Å². The van der Waals surface area contributed by atoms with Gasteiger partial charge in [0.25, 0.3) is 5.91 Å². The fourth-order valence-corrected chi connectivity index (χ4v) is 7.52. The molecule has 4 aromatic rings. The summed E-state index contributed by atoms with van der Waals surface area (Å²) in [5.74, 6) is -4.00. The van der Waals surface area contributed by atoms with E-state index in [1.165, 1.54) is 12.1 Å². The van der Waals surface area contributed by atoms with Crippen molar-refractivity contribution in [1.82, 2.24) is 35.1 Å². The zero-order valence-corrected chi connectivity index (χ0v) is 26.5. The number of piperidine rings is 1. The van der Waals surface area contributed by atoms with Gasteiger partial charge in [0.05, 0.1) is 45.5 Å². The van der Waals surface area contributed by atoms with E-state index in [1.807, 2.05) is 25.1 Å². The number of pyridine rings is 1. The Morgan fingerprint density at radius 3 is 2.64 bits per heavy atom. The fourth-order valence-electron chi connectivity index (χ4n) is 7.52. The molecule has 47 heavy (non-hydrogen) atoms. The second-order valence-electron chi connectivity index (χ2n) is 13.6. The number of nitrogens with one attached hydrogen (secondary N) is 3. The number of carbonyl (C=O) groups is 2. The quantitative estimate of drug-likeness (QED) is 0.246. The van der Waals surface area contributed by atoms with Gasteiger partial charge in [-0.25, -0.2) is 27.5 Å². The Morgan fingerprint density at radius 1 is 1.09 bits per heavy atom. The van der Waals surface area contributed by atoms with Gasteiger partial charge >= 0.3 is 0 Å². The lowest BCUT2D eigenvalue weighted by molar-refractivity contribution is -0.181. The third-order valence-electron chi connectivity index (χ3n) is 10.2. The molecule has 3 N–H and O–H groups in total. The van der Waals surface area contributed by atoms with Crippen molar-refractivity contribution in [2.45, 2.75) is 89.0 Å². The molecule has 0 radical (unpaired) electrons. The highest BCUT2D eigenvalue weighted by Crippen LogP contribution is 2.55. The van der Waals surface area contributed by atoms with Gasteiger partial charge in [0, 0.05) is 44.4 Å². The second-order valence-corrected chi connectivity index (χ2v) is 13.6. The molecule has 7 rings (SSSR count). The first-order valence-electron chi connectivity index (χ1n) is 16.5. The van der Waals surface area contributed by atoms with E-state index in [0.717, 1.165) is 30.3 Å². The molecular weight excluding hydrogens is 614 g/mol. The van der Waals surface area contributed by atoms with Crippen LogP contribution in [-0.2, 0) is 18.4 Å². The number of amides is 2. The molecule has 5 heterocycles. The standard InChI is InChI=1S/C34H39F4N7O2/c1-19-24-8-7-20-13-28(45(29(20)41-24)12-6-4-3-5-10-33(32(47)40-19)17-34(37,38)18-33)30-42-25-14-21(23(36)15-27(25)44(30)2)31(46)43-26-16-39-11-9-22(26)35/h7-8,13-15,19,22,26,39H,3-6,9-12,16-18H2,1-2H3,(H,40,47)(H,43,46)/t19-,22+,26+/m1/s1. The summed E-state index contributed by atoms with van der Waals surface area (Å²) in [6.45, 7) is 3.22. The molecule has 3 aromatic heterocycles. The van der Waals surface area contributed by atoms with Crippen LogP contribution in [0.15, 0.2) is 30.3 Å². The van der Waals surface area contributed by atoms with Crippen LogP contribution in [0.3, 0.4) is 0 Å². The molecule has 250 valence electrons. The highest BCUT2D eigenvalue weighted by molar-refractivity contribution is 5.98. The number of benzene rings is 1. The highest BCUT2D eigenvalue weighted by atomic mass is 19.3. The summed E-state index contributed by atoms with van der Waals surface area (Å²) in [5.41, 5.74) is 1.76. The normalized spacial score (nSPS) is 24.6. The van der Waals surface area contributed by atoms with Gasteiger partial charge in [0.1, 0.15) is 17.6 Å². The van der Waals surface area contributed by atoms with Crippen LogP contribution in [0.1, 0.15) is 80.4 Å². The number of hydrogen-bond acceptors (Lipinski definition) is 5. The molecule has 0 unspecified atom stereocenters. The van der Waals surface area contributed by atoms with Crippen molar-refractivity contribution in [3.05, 3.63) is 47.4 Å². The number of alkyl halides is 3. The minimum atomic E-state index is -2.80. The average Bonchev–Trinajstić information content (AvgIpc) is 3.53. The highest BCUT2D eigenvalue weighted by Gasteiger charge is 2.60. The fraction of sp³-hybridized carbons (Fsp3) is 0.529. The van der Waals surface area contributed by atoms with E-state index in [-0.39, 0.29) is 24.4 Å². The number of imidazole rings is 1. The summed E-state index contributed by atoms with van der Waals surface area (Å²) in [6, 6.07) is 7.17. The Bertz CT molecular complexity index is 1860. The van der Waals surface area contributed by atoms with E-state index in [9.17, 15) is 22.8 Å². The lowest BCUT2D eigenvalue weighted by Crippen LogP contribution is -2.55. The summed E-state index contributed by atoms with van der Waals surface area (Å²) >= 11 is 0. The number of halogens is 4. The zero-order chi connectivity index (χ0) is 33.1. The molecule has 3 aliphatic rings. The maximum Gasteiger partial charge on any atom is 0.254 e. The molecule has 1 saturated carbocycles. The van der Waals surface area contributed by atoms with Crippen LogP contribution in [-0.4, -0.2) is 62.1 Å². The lowest BCUT2D eigenvalue weighted by atomic mass is 9.62. The lowest BCUT2D eigenvalue weighted by Gasteiger charge is -2.46. The van der Waals surface area contributed by atoms with Crippen LogP contribution in [0.2, 0.25) is 0 Å². The number of rotatable bonds is 3. The zero-order valence-electron chi connectivity index (χ0n) is 26.5. The number of hydrogen-bond donors (Lipinski definition) is 3. The topological polar surface area (TPSA) is 106 Å². The first-order chi connectivity index (χ1) is 22.4. The second kappa shape index (κ2) is 11.9. The molecule has 9 nitrogen and oxygen atoms in total. The number of nitrogens with zero attached hydrogens (tertiary/aromatic N) is 4. The molecule has 1 aromatic carbocycles. The maximum absolute atomic E-state index is 15.3. The van der Waals surface area contributed by atoms with Crippen molar-refractivity contribution in [1.29, 1.82) is 0 Å². The summed E-state index contributed by atoms with van der Waals surface area (Å²) in [5, 5.41) is 9.49. The minimum Gasteiger partial charge on any atom is -0.348 e. The van der Waals surface area contributed by atoms with Crippen molar-refractivity contribution in [3.63, 3.8) is 0 Å². The molecule has 1 spiro atoms. The van der Waals surface area contributed by atoms with Gasteiger partial charge in [-0.2, -0.15) is 0 Å². The van der Waals surface area contributed by atoms with Crippen LogP contribution in [0, 0.1) is 11.2 Å². The number of fused-ring (bicyclic) bond motifs is 2. The Kier molecular flexibility index (Phi) is 8.00. The van der Waals surface area contributed by atoms with Gasteiger partial charge < -0.3 is 25.1 Å². The summed E-state index contributed by atoms with van der Waals surface area (Å²) in [6.07, 6.45) is 1.78. The SMILES string of the molecule is C[C@H]1NC(=O)C2(CCCCCCn3c(-c4nc5cc(C(=O)N[C@H]6CNCC[C@@H]6F)c(F)cc5n4C)cc4ccc1nc43)CC(F)(F)C2. The smallest absolute Gasteiger partial charge is 0.254 e. The third kappa shape index (κ3) is 5.76. The number of carbonyl (C=O) groups excluding carboxylic acids is 2. The summed E-state index contributed by atoms with van der Waals surface area (Å²) in [7, 11) is 1.79. The number of aryl methyl sites for hydroxylation is 2. The maximum atomic E-state index is 15.3. The third-order valence-corrected chi connectivity index (χ3v) is 10.2. The molecule has 13 heteroatoms. The van der Waals surface area contributed by atoms with Crippen molar-refractivity contribution >= 4 is 33.9 Å². The Balaban J connectivity index is 1.23. The average molecular weight is 654 g/mol. The summed E-state index contributed by atoms with van der Waals surface area (Å²) < 4.78 is 61.5. The van der Waals surface area contributed by atoms with E-state index in [1.54, 1.807) is 11.6 Å². The van der Waals surface area contributed by atoms with Crippen LogP contribution in [0.4, 0.5) is 17.6 Å². The van der Waals surface area contributed by atoms with E-state index in [0.29, 0.717) is 54.1 Å². The molecule has 3 atom stereocenters. The minimum absolute atomic E-state index is 0.198. The van der Waals surface area contributed by atoms with E-state index < -0.39 is 54.2 Å². The summed E-state index contributed by atoms with van der Waals surface area (Å²) in [4.78, 5) is 36.1. The van der Waals surface area contributed by atoms with Gasteiger partial charge in [0.15, 0.2) is 5.82 Å². The van der Waals surface area contributed by atoms with Crippen LogP contribution in [0.5, 0.6) is 0 Å². The van der Waals surface area contributed by atoms with E-state index in [2.05, 4.69) is 20.5 Å². The van der Waals surface area contributed by atoms with E-state index >= 15 is 4.39 Å². The van der Waals surface area contributed by atoms with Crippen molar-refractivity contribution in [2.24, 2.45) is 12.5 Å². The molecule has 1 saturated heterocycles. The Morgan fingerprint density at radius 2 is 1.87 bits per heavy atom. The van der Waals surface area contributed by atoms with Gasteiger partial charge in [-0.3, -0.25) is 9.59 Å². The van der Waals surface area contributed by atoms with Crippen molar-refractivity contribution < 1.29 is 27.2 Å². The molecule has 2 amide bonds. The van der Waals surface area contributed by atoms with Crippen molar-refractivity contribution in [2.75, 3.05) is 13.1 Å². The van der Waals surface area contributed by atoms with Gasteiger partial charge in [-0.15, -0.1) is 0 Å². The largest absolute Gasteiger partial charge is 0.348 e. The van der Waals surface area contributed by atoms with Crippen LogP contribution < -0.4 is 16.0 Å². The predicted octanol–water partition coefficient (Wildman–Crippen LogP) is 5.72. The van der Waals surface area contributed by atoms with Crippen LogP contribution >= 0.6 is 0 Å². The molecule has 2 bridgehead atoms. The molecule has 2 fully saturated rings. The molecule has 1 aliphatic carbocycles. The first-order valence-corrected chi connectivity index (χ1v) is 16.5. The van der Waals surface area contributed by atoms with E-state index in [4.69, 9.17) is 9.97 Å². The monoisotopic (exact) mass is 653 g/mol. The Labute approximate surface area is 269 Å². The number of aromatic nitrogens is 4. The van der Waals surface area contributed by atoms with Gasteiger partial charge in [-0.1, -0.05) is 19.3 Å².